The standard InChI is InChI=1S/C11H17F3N2O3/c1-3-15(2)8(17)6-16-5-4-10(7-16,9(18)19)11(12,13)14/h3-7H2,1-2H3,(H,18,19). The first kappa shape index (κ1) is 15.7. The lowest BCUT2D eigenvalue weighted by Gasteiger charge is -2.27. The Morgan fingerprint density at radius 3 is 2.37 bits per heavy atom. The van der Waals surface area contributed by atoms with Crippen LogP contribution >= 0.6 is 0 Å². The van der Waals surface area contributed by atoms with E-state index in [9.17, 15) is 22.8 Å². The predicted octanol–water partition coefficient (Wildman–Crippen LogP) is 0.804. The summed E-state index contributed by atoms with van der Waals surface area (Å²) in [5.41, 5.74) is -2.75. The SMILES string of the molecule is CCN(C)C(=O)CN1CCC(C(=O)O)(C(F)(F)F)C1. The summed E-state index contributed by atoms with van der Waals surface area (Å²) in [6, 6.07) is 0. The smallest absolute Gasteiger partial charge is 0.406 e. The number of carboxylic acid groups (broad SMARTS) is 1. The third kappa shape index (κ3) is 2.99. The van der Waals surface area contributed by atoms with Crippen LogP contribution in [-0.4, -0.2) is 66.2 Å². The molecule has 0 aromatic rings. The number of rotatable bonds is 4. The summed E-state index contributed by atoms with van der Waals surface area (Å²) in [5.74, 6) is -2.19. The fourth-order valence-electron chi connectivity index (χ4n) is 2.04. The van der Waals surface area contributed by atoms with Crippen LogP contribution in [0.5, 0.6) is 0 Å². The Morgan fingerprint density at radius 1 is 1.42 bits per heavy atom. The molecule has 1 atom stereocenters. The third-order valence-corrected chi connectivity index (χ3v) is 3.56. The van der Waals surface area contributed by atoms with Gasteiger partial charge in [0.1, 0.15) is 0 Å². The molecule has 0 aromatic carbocycles. The summed E-state index contributed by atoms with van der Waals surface area (Å²) in [6.45, 7) is 1.30. The van der Waals surface area contributed by atoms with Crippen molar-refractivity contribution in [1.82, 2.24) is 9.80 Å². The molecular weight excluding hydrogens is 265 g/mol. The first-order valence-corrected chi connectivity index (χ1v) is 5.90. The first-order chi connectivity index (χ1) is 8.64. The Morgan fingerprint density at radius 2 is 2.00 bits per heavy atom. The van der Waals surface area contributed by atoms with Crippen LogP contribution in [0, 0.1) is 5.41 Å². The Kier molecular flexibility index (Phi) is 4.44. The number of nitrogens with zero attached hydrogens (tertiary/aromatic N) is 2. The first-order valence-electron chi connectivity index (χ1n) is 5.90. The summed E-state index contributed by atoms with van der Waals surface area (Å²) < 4.78 is 38.7. The van der Waals surface area contributed by atoms with E-state index in [2.05, 4.69) is 0 Å². The molecule has 0 aliphatic carbocycles. The van der Waals surface area contributed by atoms with Crippen LogP contribution in [0.1, 0.15) is 13.3 Å². The molecule has 5 nitrogen and oxygen atoms in total. The number of carbonyl (C=O) groups is 2. The molecule has 1 heterocycles. The van der Waals surface area contributed by atoms with Gasteiger partial charge in [-0.1, -0.05) is 0 Å². The zero-order valence-corrected chi connectivity index (χ0v) is 10.8. The van der Waals surface area contributed by atoms with Crippen molar-refractivity contribution in [3.8, 4) is 0 Å². The van der Waals surface area contributed by atoms with Crippen molar-refractivity contribution >= 4 is 11.9 Å². The summed E-state index contributed by atoms with van der Waals surface area (Å²) >= 11 is 0. The molecule has 1 unspecified atom stereocenters. The number of halogens is 3. The van der Waals surface area contributed by atoms with Gasteiger partial charge in [0.05, 0.1) is 6.54 Å². The van der Waals surface area contributed by atoms with Gasteiger partial charge in [-0.2, -0.15) is 13.2 Å². The van der Waals surface area contributed by atoms with Crippen molar-refractivity contribution in [2.24, 2.45) is 5.41 Å². The minimum Gasteiger partial charge on any atom is -0.481 e. The van der Waals surface area contributed by atoms with Gasteiger partial charge in [-0.15, -0.1) is 0 Å². The Balaban J connectivity index is 2.76. The van der Waals surface area contributed by atoms with Crippen molar-refractivity contribution in [2.75, 3.05) is 33.2 Å². The molecular formula is C11H17F3N2O3. The molecule has 8 heteroatoms. The molecule has 1 aliphatic rings. The molecule has 1 amide bonds. The molecule has 19 heavy (non-hydrogen) atoms. The predicted molar refractivity (Wildman–Crippen MR) is 60.5 cm³/mol. The maximum atomic E-state index is 12.9. The van der Waals surface area contributed by atoms with E-state index in [-0.39, 0.29) is 19.0 Å². The van der Waals surface area contributed by atoms with Crippen LogP contribution in [0.2, 0.25) is 0 Å². The van der Waals surface area contributed by atoms with Crippen LogP contribution in [0.4, 0.5) is 13.2 Å². The zero-order chi connectivity index (χ0) is 14.8. The van der Waals surface area contributed by atoms with E-state index in [1.165, 1.54) is 9.80 Å². The maximum Gasteiger partial charge on any atom is 0.406 e. The lowest BCUT2D eigenvalue weighted by atomic mass is 9.86. The van der Waals surface area contributed by atoms with Crippen molar-refractivity contribution in [2.45, 2.75) is 19.5 Å². The van der Waals surface area contributed by atoms with Gasteiger partial charge < -0.3 is 10.0 Å². The van der Waals surface area contributed by atoms with Gasteiger partial charge in [-0.25, -0.2) is 0 Å². The van der Waals surface area contributed by atoms with Gasteiger partial charge in [0.2, 0.25) is 5.91 Å². The Labute approximate surface area is 109 Å². The highest BCUT2D eigenvalue weighted by Gasteiger charge is 2.63. The average Bonchev–Trinajstić information content (AvgIpc) is 2.72. The normalized spacial score (nSPS) is 24.5. The molecule has 0 aromatic heterocycles. The molecule has 1 saturated heterocycles. The molecule has 1 aliphatic heterocycles. The number of hydrogen-bond donors (Lipinski definition) is 1. The molecule has 110 valence electrons. The minimum atomic E-state index is -4.81. The van der Waals surface area contributed by atoms with Crippen molar-refractivity contribution in [1.29, 1.82) is 0 Å². The van der Waals surface area contributed by atoms with E-state index in [0.29, 0.717) is 6.54 Å². The van der Waals surface area contributed by atoms with E-state index in [1.807, 2.05) is 0 Å². The number of likely N-dealkylation sites (tertiary alicyclic amines) is 1. The summed E-state index contributed by atoms with van der Waals surface area (Å²) in [5, 5.41) is 8.86. The van der Waals surface area contributed by atoms with Crippen LogP contribution in [0.3, 0.4) is 0 Å². The van der Waals surface area contributed by atoms with Gasteiger partial charge in [-0.05, 0) is 13.3 Å². The number of alkyl halides is 3. The van der Waals surface area contributed by atoms with Crippen molar-refractivity contribution in [3.05, 3.63) is 0 Å². The van der Waals surface area contributed by atoms with Crippen LogP contribution in [0.15, 0.2) is 0 Å². The summed E-state index contributed by atoms with van der Waals surface area (Å²) in [6.07, 6.45) is -5.33. The summed E-state index contributed by atoms with van der Waals surface area (Å²) in [7, 11) is 1.55. The number of carbonyl (C=O) groups excluding carboxylic acids is 1. The maximum absolute atomic E-state index is 12.9. The van der Waals surface area contributed by atoms with E-state index in [1.54, 1.807) is 14.0 Å². The Hall–Kier alpha value is -1.31. The van der Waals surface area contributed by atoms with Gasteiger partial charge in [0.25, 0.3) is 0 Å². The largest absolute Gasteiger partial charge is 0.481 e. The molecule has 1 N–H and O–H groups in total. The van der Waals surface area contributed by atoms with E-state index >= 15 is 0 Å². The monoisotopic (exact) mass is 282 g/mol. The van der Waals surface area contributed by atoms with Gasteiger partial charge >= 0.3 is 12.1 Å². The van der Waals surface area contributed by atoms with E-state index in [0.717, 1.165) is 0 Å². The van der Waals surface area contributed by atoms with E-state index < -0.39 is 30.5 Å². The lowest BCUT2D eigenvalue weighted by molar-refractivity contribution is -0.227. The fraction of sp³-hybridized carbons (Fsp3) is 0.818. The highest BCUT2D eigenvalue weighted by atomic mass is 19.4. The lowest BCUT2D eigenvalue weighted by Crippen LogP contribution is -2.48. The second-order valence-electron chi connectivity index (χ2n) is 4.75. The summed E-state index contributed by atoms with van der Waals surface area (Å²) in [4.78, 5) is 25.2. The molecule has 0 saturated carbocycles. The number of likely N-dealkylation sites (N-methyl/N-ethyl adjacent to an activating group) is 1. The highest BCUT2D eigenvalue weighted by molar-refractivity contribution is 5.79. The minimum absolute atomic E-state index is 0.0465. The highest BCUT2D eigenvalue weighted by Crippen LogP contribution is 2.45. The van der Waals surface area contributed by atoms with Crippen LogP contribution < -0.4 is 0 Å². The third-order valence-electron chi connectivity index (χ3n) is 3.56. The van der Waals surface area contributed by atoms with Gasteiger partial charge in [0.15, 0.2) is 5.41 Å². The average molecular weight is 282 g/mol. The van der Waals surface area contributed by atoms with E-state index in [4.69, 9.17) is 5.11 Å². The number of hydrogen-bond acceptors (Lipinski definition) is 3. The number of carboxylic acids is 1. The zero-order valence-electron chi connectivity index (χ0n) is 10.8. The van der Waals surface area contributed by atoms with Crippen molar-refractivity contribution in [3.63, 3.8) is 0 Å². The second kappa shape index (κ2) is 5.36. The molecule has 0 radical (unpaired) electrons. The molecule has 0 bridgehead atoms. The molecule has 1 rings (SSSR count). The fourth-order valence-corrected chi connectivity index (χ4v) is 2.04. The number of aliphatic carboxylic acids is 1. The number of amides is 1. The Bertz CT molecular complexity index is 373. The van der Waals surface area contributed by atoms with Crippen LogP contribution in [0.25, 0.3) is 0 Å². The molecule has 1 fully saturated rings. The van der Waals surface area contributed by atoms with Crippen LogP contribution in [-0.2, 0) is 9.59 Å². The van der Waals surface area contributed by atoms with Crippen molar-refractivity contribution < 1.29 is 27.9 Å². The second-order valence-corrected chi connectivity index (χ2v) is 4.75. The van der Waals surface area contributed by atoms with Gasteiger partial charge in [-0.3, -0.25) is 14.5 Å². The van der Waals surface area contributed by atoms with Gasteiger partial charge in [0, 0.05) is 26.7 Å². The quantitative estimate of drug-likeness (QED) is 0.828. The topological polar surface area (TPSA) is 60.9 Å². The molecule has 0 spiro atoms.